The summed E-state index contributed by atoms with van der Waals surface area (Å²) in [6.45, 7) is -0.351. The summed E-state index contributed by atoms with van der Waals surface area (Å²) in [6, 6.07) is 17.1. The number of benzene rings is 3. The Morgan fingerprint density at radius 2 is 1.68 bits per heavy atom. The fraction of sp³-hybridized carbons (Fsp3) is 0.214. The third kappa shape index (κ3) is 6.67. The lowest BCUT2D eigenvalue weighted by atomic mass is 10.0. The van der Waals surface area contributed by atoms with Crippen molar-refractivity contribution in [2.45, 2.75) is 31.7 Å². The van der Waals surface area contributed by atoms with Crippen LogP contribution >= 0.6 is 11.6 Å². The van der Waals surface area contributed by atoms with Crippen molar-refractivity contribution < 1.29 is 24.2 Å². The van der Waals surface area contributed by atoms with Crippen molar-refractivity contribution in [2.24, 2.45) is 0 Å². The van der Waals surface area contributed by atoms with Gasteiger partial charge in [0.1, 0.15) is 5.82 Å². The molecule has 0 aliphatic rings. The van der Waals surface area contributed by atoms with E-state index < -0.39 is 23.7 Å². The van der Waals surface area contributed by atoms with E-state index in [1.54, 1.807) is 30.3 Å². The summed E-state index contributed by atoms with van der Waals surface area (Å²) >= 11 is 6.04. The van der Waals surface area contributed by atoms with Crippen LogP contribution in [0.25, 0.3) is 22.3 Å². The Hall–Kier alpha value is -3.88. The van der Waals surface area contributed by atoms with Gasteiger partial charge in [-0.05, 0) is 67.3 Å². The van der Waals surface area contributed by atoms with E-state index in [2.05, 4.69) is 5.32 Å². The largest absolute Gasteiger partial charge is 0.481 e. The van der Waals surface area contributed by atoms with Crippen LogP contribution in [-0.2, 0) is 11.2 Å². The van der Waals surface area contributed by atoms with Crippen molar-refractivity contribution in [1.82, 2.24) is 15.3 Å². The highest BCUT2D eigenvalue weighted by Gasteiger charge is 2.17. The van der Waals surface area contributed by atoms with Gasteiger partial charge in [-0.25, -0.2) is 14.4 Å². The second-order valence-electron chi connectivity index (χ2n) is 8.59. The summed E-state index contributed by atoms with van der Waals surface area (Å²) in [5.41, 5.74) is 4.21. The minimum Gasteiger partial charge on any atom is -0.481 e. The molecule has 7 nitrogen and oxygen atoms in total. The van der Waals surface area contributed by atoms with E-state index in [-0.39, 0.29) is 13.0 Å². The highest BCUT2D eigenvalue weighted by molar-refractivity contribution is 6.30. The van der Waals surface area contributed by atoms with Gasteiger partial charge in [-0.15, -0.1) is 0 Å². The van der Waals surface area contributed by atoms with Crippen molar-refractivity contribution in [3.63, 3.8) is 0 Å². The summed E-state index contributed by atoms with van der Waals surface area (Å²) in [5.74, 6) is -1.67. The molecule has 0 radical (unpaired) electrons. The number of carboxylic acid groups (broad SMARTS) is 1. The molecule has 4 aromatic rings. The second kappa shape index (κ2) is 11.9. The van der Waals surface area contributed by atoms with Gasteiger partial charge in [-0.3, -0.25) is 9.59 Å². The summed E-state index contributed by atoms with van der Waals surface area (Å²) in [7, 11) is 0. The number of hydrogen-bond donors (Lipinski definition) is 3. The molecular formula is C28H25ClFN3O4. The number of nitrogens with zero attached hydrogens (tertiary/aromatic N) is 2. The number of carboxylic acids is 1. The molecule has 190 valence electrons. The number of aliphatic hydroxyl groups is 1. The quantitative estimate of drug-likeness (QED) is 0.242. The number of carbonyl (C=O) groups excluding carboxylic acids is 1. The molecule has 1 atom stereocenters. The molecule has 0 bridgehead atoms. The van der Waals surface area contributed by atoms with Gasteiger partial charge in [0, 0.05) is 22.6 Å². The smallest absolute Gasteiger partial charge is 0.303 e. The second-order valence-corrected chi connectivity index (χ2v) is 9.03. The normalized spacial score (nSPS) is 11.9. The van der Waals surface area contributed by atoms with Gasteiger partial charge < -0.3 is 15.5 Å². The van der Waals surface area contributed by atoms with Crippen LogP contribution in [0.4, 0.5) is 4.39 Å². The van der Waals surface area contributed by atoms with E-state index in [0.717, 1.165) is 5.56 Å². The lowest BCUT2D eigenvalue weighted by Crippen LogP contribution is -2.30. The molecule has 0 fully saturated rings. The molecule has 3 aromatic carbocycles. The summed E-state index contributed by atoms with van der Waals surface area (Å²) in [6.07, 6.45) is 1.70. The SMILES string of the molecule is O=C(O)CCCCc1nc2cc(C(=O)N[C@H](CO)c3ccc(F)cc3)ccc2nc1-c1ccc(Cl)cc1. The van der Waals surface area contributed by atoms with E-state index in [1.807, 2.05) is 12.1 Å². The number of nitrogens with one attached hydrogen (secondary N) is 1. The minimum absolute atomic E-state index is 0.0711. The van der Waals surface area contributed by atoms with Gasteiger partial charge in [-0.1, -0.05) is 35.9 Å². The molecule has 0 aliphatic carbocycles. The Morgan fingerprint density at radius 1 is 0.946 bits per heavy atom. The van der Waals surface area contributed by atoms with Crippen LogP contribution in [0.1, 0.15) is 46.9 Å². The summed E-state index contributed by atoms with van der Waals surface area (Å²) < 4.78 is 13.3. The molecule has 0 saturated carbocycles. The maximum absolute atomic E-state index is 13.3. The highest BCUT2D eigenvalue weighted by Crippen LogP contribution is 2.27. The predicted octanol–water partition coefficient (Wildman–Crippen LogP) is 5.35. The van der Waals surface area contributed by atoms with E-state index in [0.29, 0.717) is 57.8 Å². The lowest BCUT2D eigenvalue weighted by molar-refractivity contribution is -0.137. The highest BCUT2D eigenvalue weighted by atomic mass is 35.5. The van der Waals surface area contributed by atoms with E-state index in [1.165, 1.54) is 24.3 Å². The molecule has 37 heavy (non-hydrogen) atoms. The van der Waals surface area contributed by atoms with Crippen LogP contribution in [0.2, 0.25) is 5.02 Å². The molecule has 9 heteroatoms. The molecular weight excluding hydrogens is 497 g/mol. The molecule has 0 spiro atoms. The number of hydrogen-bond acceptors (Lipinski definition) is 5. The van der Waals surface area contributed by atoms with Crippen LogP contribution in [0.15, 0.2) is 66.7 Å². The van der Waals surface area contributed by atoms with Crippen LogP contribution in [-0.4, -0.2) is 38.7 Å². The first kappa shape index (κ1) is 26.2. The van der Waals surface area contributed by atoms with Gasteiger partial charge in [0.05, 0.1) is 35.1 Å². The first-order valence-corrected chi connectivity index (χ1v) is 12.2. The van der Waals surface area contributed by atoms with Crippen molar-refractivity contribution in [3.05, 3.63) is 94.4 Å². The molecule has 0 aliphatic heterocycles. The minimum atomic E-state index is -0.847. The van der Waals surface area contributed by atoms with Crippen LogP contribution in [0.3, 0.4) is 0 Å². The summed E-state index contributed by atoms with van der Waals surface area (Å²) in [4.78, 5) is 33.4. The number of aromatic nitrogens is 2. The topological polar surface area (TPSA) is 112 Å². The van der Waals surface area contributed by atoms with E-state index >= 15 is 0 Å². The molecule has 0 saturated heterocycles. The predicted molar refractivity (Wildman–Crippen MR) is 139 cm³/mol. The molecule has 1 heterocycles. The Bertz CT molecular complexity index is 1410. The standard InChI is InChI=1S/C28H25ClFN3O4/c29-20-10-5-18(6-11-20)27-23(3-1-2-4-26(35)36)31-24-15-19(9-14-22(24)32-27)28(37)33-25(16-34)17-7-12-21(30)13-8-17/h5-15,25,34H,1-4,16H2,(H,33,37)(H,35,36)/t25-/m1/s1. The van der Waals surface area contributed by atoms with Gasteiger partial charge in [0.2, 0.25) is 0 Å². The third-order valence-electron chi connectivity index (χ3n) is 5.93. The average Bonchev–Trinajstić information content (AvgIpc) is 2.89. The third-order valence-corrected chi connectivity index (χ3v) is 6.18. The van der Waals surface area contributed by atoms with Crippen molar-refractivity contribution in [2.75, 3.05) is 6.61 Å². The Labute approximate surface area is 218 Å². The van der Waals surface area contributed by atoms with Crippen molar-refractivity contribution >= 4 is 34.5 Å². The monoisotopic (exact) mass is 521 g/mol. The van der Waals surface area contributed by atoms with E-state index in [4.69, 9.17) is 26.7 Å². The Morgan fingerprint density at radius 3 is 2.35 bits per heavy atom. The maximum atomic E-state index is 13.3. The number of fused-ring (bicyclic) bond motifs is 1. The molecule has 1 aromatic heterocycles. The number of aryl methyl sites for hydroxylation is 1. The zero-order valence-corrected chi connectivity index (χ0v) is 20.6. The van der Waals surface area contributed by atoms with Crippen LogP contribution < -0.4 is 5.32 Å². The fourth-order valence-corrected chi connectivity index (χ4v) is 4.11. The maximum Gasteiger partial charge on any atom is 0.303 e. The van der Waals surface area contributed by atoms with Gasteiger partial charge >= 0.3 is 5.97 Å². The number of amides is 1. The number of rotatable bonds is 10. The van der Waals surface area contributed by atoms with Crippen LogP contribution in [0.5, 0.6) is 0 Å². The number of unbranched alkanes of at least 4 members (excludes halogenated alkanes) is 1. The number of halogens is 2. The Kier molecular flexibility index (Phi) is 8.43. The van der Waals surface area contributed by atoms with Gasteiger partial charge in [0.15, 0.2) is 0 Å². The molecule has 1 amide bonds. The first-order valence-electron chi connectivity index (χ1n) is 11.8. The zero-order valence-electron chi connectivity index (χ0n) is 19.8. The van der Waals surface area contributed by atoms with Crippen molar-refractivity contribution in [3.8, 4) is 11.3 Å². The van der Waals surface area contributed by atoms with E-state index in [9.17, 15) is 19.1 Å². The van der Waals surface area contributed by atoms with Crippen LogP contribution in [0, 0.1) is 5.82 Å². The molecule has 3 N–H and O–H groups in total. The van der Waals surface area contributed by atoms with Gasteiger partial charge in [-0.2, -0.15) is 0 Å². The number of aliphatic carboxylic acids is 1. The van der Waals surface area contributed by atoms with Crippen molar-refractivity contribution in [1.29, 1.82) is 0 Å². The zero-order chi connectivity index (χ0) is 26.4. The average molecular weight is 522 g/mol. The number of carbonyl (C=O) groups is 2. The lowest BCUT2D eigenvalue weighted by Gasteiger charge is -2.17. The summed E-state index contributed by atoms with van der Waals surface area (Å²) in [5, 5.41) is 22.1. The fourth-order valence-electron chi connectivity index (χ4n) is 3.99. The Balaban J connectivity index is 1.63. The molecule has 4 rings (SSSR count). The molecule has 0 unspecified atom stereocenters. The number of aliphatic hydroxyl groups excluding tert-OH is 1. The van der Waals surface area contributed by atoms with Gasteiger partial charge in [0.25, 0.3) is 5.91 Å². The first-order chi connectivity index (χ1) is 17.8.